The molecule has 4 N–H and O–H groups in total. The predicted molar refractivity (Wildman–Crippen MR) is 189 cm³/mol. The maximum absolute atomic E-state index is 14.7. The van der Waals surface area contributed by atoms with Crippen molar-refractivity contribution in [3.05, 3.63) is 85.3 Å². The van der Waals surface area contributed by atoms with Crippen LogP contribution in [0.4, 0.5) is 15.8 Å². The molecule has 1 aromatic carbocycles. The molecule has 6 aromatic rings. The summed E-state index contributed by atoms with van der Waals surface area (Å²) in [6, 6.07) is 13.1. The van der Waals surface area contributed by atoms with Gasteiger partial charge in [0.05, 0.1) is 40.5 Å². The molecule has 0 atom stereocenters. The SMILES string of the molecule is C=C(CC1CCCCC1)Nc1cncc(-c2ccc3[nH]nc(-c4cc5c(-c6cc(F)cc(NCCN(C)C)c6)cncc5[nH]4)c3n2)c1. The minimum atomic E-state index is -0.306. The van der Waals surface area contributed by atoms with Crippen LogP contribution in [-0.2, 0) is 0 Å². The lowest BCUT2D eigenvalue weighted by molar-refractivity contribution is 0.357. The highest BCUT2D eigenvalue weighted by molar-refractivity contribution is 6.00. The lowest BCUT2D eigenvalue weighted by Crippen LogP contribution is -2.20. The molecule has 9 nitrogen and oxygen atoms in total. The number of likely N-dealkylation sites (N-methyl/N-ethyl adjacent to an activating group) is 1. The number of fused-ring (bicyclic) bond motifs is 2. The molecule has 10 heteroatoms. The van der Waals surface area contributed by atoms with E-state index in [1.54, 1.807) is 18.5 Å². The molecule has 1 aliphatic carbocycles. The van der Waals surface area contributed by atoms with Gasteiger partial charge in [0.15, 0.2) is 0 Å². The molecule has 0 unspecified atom stereocenters. The highest BCUT2D eigenvalue weighted by Gasteiger charge is 2.18. The Labute approximate surface area is 273 Å². The van der Waals surface area contributed by atoms with Crippen LogP contribution in [0.2, 0.25) is 0 Å². The maximum atomic E-state index is 14.7. The first kappa shape index (κ1) is 30.6. The molecular weight excluding hydrogens is 589 g/mol. The molecule has 1 fully saturated rings. The van der Waals surface area contributed by atoms with Crippen molar-refractivity contribution in [2.24, 2.45) is 5.92 Å². The fourth-order valence-electron chi connectivity index (χ4n) is 6.57. The quantitative estimate of drug-likeness (QED) is 0.114. The number of nitrogens with zero attached hydrogens (tertiary/aromatic N) is 5. The molecule has 5 aromatic heterocycles. The third-order valence-electron chi connectivity index (χ3n) is 8.92. The molecule has 0 radical (unpaired) electrons. The lowest BCUT2D eigenvalue weighted by Gasteiger charge is -2.22. The number of halogens is 1. The molecule has 0 amide bonds. The molecule has 0 bridgehead atoms. The number of anilines is 2. The number of H-pyrrole nitrogens is 2. The number of benzene rings is 1. The van der Waals surface area contributed by atoms with E-state index >= 15 is 0 Å². The van der Waals surface area contributed by atoms with Crippen LogP contribution in [0.5, 0.6) is 0 Å². The summed E-state index contributed by atoms with van der Waals surface area (Å²) in [5.41, 5.74) is 9.80. The monoisotopic (exact) mass is 629 g/mol. The Morgan fingerprint density at radius 3 is 2.62 bits per heavy atom. The largest absolute Gasteiger partial charge is 0.384 e. The summed E-state index contributed by atoms with van der Waals surface area (Å²) in [7, 11) is 4.02. The molecule has 1 saturated carbocycles. The van der Waals surface area contributed by atoms with Crippen LogP contribution in [0.15, 0.2) is 79.5 Å². The smallest absolute Gasteiger partial charge is 0.135 e. The van der Waals surface area contributed by atoms with E-state index in [1.165, 1.54) is 38.2 Å². The molecule has 0 saturated heterocycles. The second-order valence-corrected chi connectivity index (χ2v) is 12.9. The summed E-state index contributed by atoms with van der Waals surface area (Å²) < 4.78 is 14.7. The van der Waals surface area contributed by atoms with Gasteiger partial charge in [-0.05, 0) is 74.5 Å². The fraction of sp³-hybridized carbons (Fsp3) is 0.297. The van der Waals surface area contributed by atoms with E-state index in [4.69, 9.17) is 4.98 Å². The third kappa shape index (κ3) is 6.88. The second kappa shape index (κ2) is 13.3. The number of rotatable bonds is 11. The summed E-state index contributed by atoms with van der Waals surface area (Å²) >= 11 is 0. The van der Waals surface area contributed by atoms with Crippen LogP contribution in [0, 0.1) is 11.7 Å². The van der Waals surface area contributed by atoms with Crippen LogP contribution < -0.4 is 10.6 Å². The van der Waals surface area contributed by atoms with Crippen LogP contribution >= 0.6 is 0 Å². The Balaban J connectivity index is 1.16. The lowest BCUT2D eigenvalue weighted by atomic mass is 9.86. The Bertz CT molecular complexity index is 2040. The zero-order valence-corrected chi connectivity index (χ0v) is 26.9. The van der Waals surface area contributed by atoms with E-state index in [0.717, 1.165) is 80.1 Å². The van der Waals surface area contributed by atoms with Gasteiger partial charge in [0.1, 0.15) is 17.0 Å². The second-order valence-electron chi connectivity index (χ2n) is 12.9. The Kier molecular flexibility index (Phi) is 8.67. The summed E-state index contributed by atoms with van der Waals surface area (Å²) in [5.74, 6) is 0.404. The van der Waals surface area contributed by atoms with Crippen LogP contribution in [0.1, 0.15) is 38.5 Å². The Hall–Kier alpha value is -5.09. The molecule has 0 aliphatic heterocycles. The summed E-state index contributed by atoms with van der Waals surface area (Å²) in [6.07, 6.45) is 14.7. The number of aromatic amines is 2. The van der Waals surface area contributed by atoms with Crippen molar-refractivity contribution in [2.45, 2.75) is 38.5 Å². The Morgan fingerprint density at radius 2 is 1.77 bits per heavy atom. The van der Waals surface area contributed by atoms with Gasteiger partial charge in [0.25, 0.3) is 0 Å². The van der Waals surface area contributed by atoms with E-state index in [-0.39, 0.29) is 5.82 Å². The first-order valence-electron chi connectivity index (χ1n) is 16.3. The van der Waals surface area contributed by atoms with Crippen molar-refractivity contribution >= 4 is 33.3 Å². The van der Waals surface area contributed by atoms with Gasteiger partial charge in [-0.2, -0.15) is 5.10 Å². The number of nitrogens with one attached hydrogen (secondary N) is 4. The van der Waals surface area contributed by atoms with Crippen molar-refractivity contribution < 1.29 is 4.39 Å². The minimum Gasteiger partial charge on any atom is -0.384 e. The average Bonchev–Trinajstić information content (AvgIpc) is 3.69. The van der Waals surface area contributed by atoms with Crippen molar-refractivity contribution in [2.75, 3.05) is 37.8 Å². The summed E-state index contributed by atoms with van der Waals surface area (Å²) in [4.78, 5) is 19.5. The predicted octanol–water partition coefficient (Wildman–Crippen LogP) is 8.24. The number of hydrogen-bond donors (Lipinski definition) is 4. The maximum Gasteiger partial charge on any atom is 0.135 e. The first-order valence-corrected chi connectivity index (χ1v) is 16.3. The average molecular weight is 630 g/mol. The van der Waals surface area contributed by atoms with E-state index < -0.39 is 0 Å². The van der Waals surface area contributed by atoms with Gasteiger partial charge in [-0.1, -0.05) is 38.7 Å². The normalized spacial score (nSPS) is 13.9. The number of hydrogen-bond acceptors (Lipinski definition) is 7. The minimum absolute atomic E-state index is 0.306. The van der Waals surface area contributed by atoms with Gasteiger partial charge < -0.3 is 20.5 Å². The number of allylic oxidation sites excluding steroid dienone is 1. The zero-order chi connectivity index (χ0) is 32.3. The van der Waals surface area contributed by atoms with Crippen molar-refractivity contribution in [3.8, 4) is 33.8 Å². The van der Waals surface area contributed by atoms with Crippen LogP contribution in [-0.4, -0.2) is 62.2 Å². The summed E-state index contributed by atoms with van der Waals surface area (Å²) in [5, 5.41) is 15.5. The fourth-order valence-corrected chi connectivity index (χ4v) is 6.57. The van der Waals surface area contributed by atoms with Gasteiger partial charge >= 0.3 is 0 Å². The number of pyridine rings is 3. The molecule has 0 spiro atoms. The van der Waals surface area contributed by atoms with Gasteiger partial charge in [-0.25, -0.2) is 9.37 Å². The highest BCUT2D eigenvalue weighted by atomic mass is 19.1. The highest BCUT2D eigenvalue weighted by Crippen LogP contribution is 2.35. The number of aromatic nitrogens is 6. The van der Waals surface area contributed by atoms with Crippen molar-refractivity contribution in [1.29, 1.82) is 0 Å². The molecule has 7 rings (SSSR count). The standard InChI is InChI=1S/C37H40FN9/c1-23(13-24-7-5-4-6-8-24)42-29-16-26(19-39-20-29)32-9-10-33-36(44-32)37(46-45-33)34-18-30-31(21-40-22-35(30)43-34)25-14-27(38)17-28(15-25)41-11-12-47(2)3/h9-10,14-22,24,41-43H,1,4-8,11-13H2,2-3H3,(H,45,46). The molecular formula is C37H40FN9. The third-order valence-corrected chi connectivity index (χ3v) is 8.92. The van der Waals surface area contributed by atoms with Gasteiger partial charge in [0, 0.05) is 53.4 Å². The van der Waals surface area contributed by atoms with E-state index in [9.17, 15) is 4.39 Å². The van der Waals surface area contributed by atoms with Gasteiger partial charge in [-0.3, -0.25) is 15.1 Å². The van der Waals surface area contributed by atoms with Gasteiger partial charge in [-0.15, -0.1) is 0 Å². The van der Waals surface area contributed by atoms with Crippen molar-refractivity contribution in [3.63, 3.8) is 0 Å². The topological polar surface area (TPSA) is 110 Å². The van der Waals surface area contributed by atoms with Crippen molar-refractivity contribution in [1.82, 2.24) is 35.0 Å². The van der Waals surface area contributed by atoms with E-state index in [1.807, 2.05) is 50.8 Å². The zero-order valence-electron chi connectivity index (χ0n) is 26.9. The Morgan fingerprint density at radius 1 is 0.936 bits per heavy atom. The summed E-state index contributed by atoms with van der Waals surface area (Å²) in [6.45, 7) is 5.85. The first-order chi connectivity index (χ1) is 22.9. The molecule has 5 heterocycles. The molecule has 47 heavy (non-hydrogen) atoms. The van der Waals surface area contributed by atoms with Crippen LogP contribution in [0.3, 0.4) is 0 Å². The van der Waals surface area contributed by atoms with Gasteiger partial charge in [0.2, 0.25) is 0 Å². The van der Waals surface area contributed by atoms with E-state index in [0.29, 0.717) is 18.2 Å². The van der Waals surface area contributed by atoms with E-state index in [2.05, 4.69) is 53.3 Å². The van der Waals surface area contributed by atoms with Crippen LogP contribution in [0.25, 0.3) is 55.7 Å². The molecule has 1 aliphatic rings. The molecule has 240 valence electrons.